The summed E-state index contributed by atoms with van der Waals surface area (Å²) in [6.45, 7) is 2.83. The van der Waals surface area contributed by atoms with E-state index < -0.39 is 0 Å². The van der Waals surface area contributed by atoms with Crippen molar-refractivity contribution in [2.24, 2.45) is 5.73 Å². The maximum atomic E-state index is 5.93. The molecule has 1 aromatic heterocycles. The quantitative estimate of drug-likeness (QED) is 0.870. The summed E-state index contributed by atoms with van der Waals surface area (Å²) in [5, 5.41) is 0.746. The molecule has 0 radical (unpaired) electrons. The zero-order valence-corrected chi connectivity index (χ0v) is 12.0. The van der Waals surface area contributed by atoms with E-state index in [9.17, 15) is 0 Å². The van der Waals surface area contributed by atoms with E-state index in [-0.39, 0.29) is 0 Å². The van der Waals surface area contributed by atoms with E-state index in [4.69, 9.17) is 17.3 Å². The Morgan fingerprint density at radius 1 is 1.32 bits per heavy atom. The summed E-state index contributed by atoms with van der Waals surface area (Å²) in [5.74, 6) is 0. The van der Waals surface area contributed by atoms with Crippen LogP contribution in [0.25, 0.3) is 11.3 Å². The highest BCUT2D eigenvalue weighted by Gasteiger charge is 2.13. The molecular formula is C15H20ClN3. The second-order valence-corrected chi connectivity index (χ2v) is 5.16. The summed E-state index contributed by atoms with van der Waals surface area (Å²) in [5.41, 5.74) is 8.13. The van der Waals surface area contributed by atoms with Gasteiger partial charge in [0.15, 0.2) is 0 Å². The number of hydrogen-bond acceptors (Lipinski definition) is 2. The van der Waals surface area contributed by atoms with Gasteiger partial charge in [0, 0.05) is 17.6 Å². The minimum absolute atomic E-state index is 0.313. The van der Waals surface area contributed by atoms with E-state index in [1.807, 2.05) is 36.8 Å². The van der Waals surface area contributed by atoms with Crippen molar-refractivity contribution in [1.29, 1.82) is 0 Å². The van der Waals surface area contributed by atoms with Crippen molar-refractivity contribution in [1.82, 2.24) is 9.55 Å². The van der Waals surface area contributed by atoms with Gasteiger partial charge in [0.05, 0.1) is 18.2 Å². The lowest BCUT2D eigenvalue weighted by molar-refractivity contribution is 0.461. The fraction of sp³-hybridized carbons (Fsp3) is 0.400. The van der Waals surface area contributed by atoms with Crippen molar-refractivity contribution in [3.63, 3.8) is 0 Å². The Bertz CT molecular complexity index is 504. The molecule has 1 unspecified atom stereocenters. The van der Waals surface area contributed by atoms with Crippen molar-refractivity contribution in [2.75, 3.05) is 6.54 Å². The Morgan fingerprint density at radius 3 is 2.68 bits per heavy atom. The molecule has 1 heterocycles. The molecule has 0 aliphatic heterocycles. The van der Waals surface area contributed by atoms with E-state index in [2.05, 4.69) is 16.5 Å². The highest BCUT2D eigenvalue weighted by atomic mass is 35.5. The monoisotopic (exact) mass is 277 g/mol. The number of nitrogens with two attached hydrogens (primary N) is 1. The molecule has 102 valence electrons. The highest BCUT2D eigenvalue weighted by Crippen LogP contribution is 2.25. The van der Waals surface area contributed by atoms with Crippen LogP contribution >= 0.6 is 11.6 Å². The van der Waals surface area contributed by atoms with Crippen molar-refractivity contribution in [2.45, 2.75) is 32.2 Å². The number of hydrogen-bond donors (Lipinski definition) is 1. The SMILES string of the molecule is CCCCC(CN)n1cncc1-c1ccc(Cl)cc1. The molecule has 0 bridgehead atoms. The van der Waals surface area contributed by atoms with E-state index >= 15 is 0 Å². The number of halogens is 1. The summed E-state index contributed by atoms with van der Waals surface area (Å²) in [7, 11) is 0. The molecular weight excluding hydrogens is 258 g/mol. The van der Waals surface area contributed by atoms with E-state index in [0.29, 0.717) is 12.6 Å². The Kier molecular flexibility index (Phi) is 5.00. The highest BCUT2D eigenvalue weighted by molar-refractivity contribution is 6.30. The average molecular weight is 278 g/mol. The number of aromatic nitrogens is 2. The molecule has 4 heteroatoms. The maximum Gasteiger partial charge on any atom is 0.0954 e. The summed E-state index contributed by atoms with van der Waals surface area (Å²) in [6, 6.07) is 8.15. The van der Waals surface area contributed by atoms with Crippen LogP contribution in [0.2, 0.25) is 5.02 Å². The first kappa shape index (κ1) is 14.1. The maximum absolute atomic E-state index is 5.93. The first-order valence-electron chi connectivity index (χ1n) is 6.74. The lowest BCUT2D eigenvalue weighted by Crippen LogP contribution is -2.19. The molecule has 19 heavy (non-hydrogen) atoms. The van der Waals surface area contributed by atoms with Gasteiger partial charge in [0.25, 0.3) is 0 Å². The van der Waals surface area contributed by atoms with Crippen LogP contribution in [0.4, 0.5) is 0 Å². The van der Waals surface area contributed by atoms with Gasteiger partial charge in [-0.2, -0.15) is 0 Å². The predicted molar refractivity (Wildman–Crippen MR) is 80.3 cm³/mol. The van der Waals surface area contributed by atoms with Crippen LogP contribution in [0.3, 0.4) is 0 Å². The van der Waals surface area contributed by atoms with E-state index in [0.717, 1.165) is 22.7 Å². The summed E-state index contributed by atoms with van der Waals surface area (Å²) in [6.07, 6.45) is 7.21. The number of benzene rings is 1. The zero-order valence-electron chi connectivity index (χ0n) is 11.2. The fourth-order valence-corrected chi connectivity index (χ4v) is 2.38. The van der Waals surface area contributed by atoms with Crippen molar-refractivity contribution < 1.29 is 0 Å². The van der Waals surface area contributed by atoms with Crippen LogP contribution < -0.4 is 5.73 Å². The molecule has 0 spiro atoms. The van der Waals surface area contributed by atoms with Crippen molar-refractivity contribution >= 4 is 11.6 Å². The Hall–Kier alpha value is -1.32. The van der Waals surface area contributed by atoms with Gasteiger partial charge >= 0.3 is 0 Å². The largest absolute Gasteiger partial charge is 0.328 e. The molecule has 2 aromatic rings. The second kappa shape index (κ2) is 6.73. The van der Waals surface area contributed by atoms with Crippen LogP contribution in [0.5, 0.6) is 0 Å². The molecule has 2 N–H and O–H groups in total. The van der Waals surface area contributed by atoms with Crippen LogP contribution in [0, 0.1) is 0 Å². The molecule has 0 aliphatic rings. The molecule has 1 aromatic carbocycles. The molecule has 1 atom stereocenters. The Morgan fingerprint density at radius 2 is 2.05 bits per heavy atom. The number of imidazole rings is 1. The van der Waals surface area contributed by atoms with Gasteiger partial charge in [-0.3, -0.25) is 0 Å². The topological polar surface area (TPSA) is 43.8 Å². The third kappa shape index (κ3) is 3.37. The fourth-order valence-electron chi connectivity index (χ4n) is 2.25. The molecule has 0 fully saturated rings. The molecule has 0 saturated carbocycles. The summed E-state index contributed by atoms with van der Waals surface area (Å²) in [4.78, 5) is 4.27. The average Bonchev–Trinajstić information content (AvgIpc) is 2.90. The molecule has 0 saturated heterocycles. The minimum atomic E-state index is 0.313. The van der Waals surface area contributed by atoms with Gasteiger partial charge in [0.1, 0.15) is 0 Å². The first-order valence-corrected chi connectivity index (χ1v) is 7.12. The second-order valence-electron chi connectivity index (χ2n) is 4.72. The van der Waals surface area contributed by atoms with Crippen LogP contribution in [-0.4, -0.2) is 16.1 Å². The van der Waals surface area contributed by atoms with Crippen molar-refractivity contribution in [3.05, 3.63) is 41.8 Å². The smallest absolute Gasteiger partial charge is 0.0954 e. The van der Waals surface area contributed by atoms with Crippen LogP contribution in [0.15, 0.2) is 36.8 Å². The number of nitrogens with zero attached hydrogens (tertiary/aromatic N) is 2. The van der Waals surface area contributed by atoms with Gasteiger partial charge in [0.2, 0.25) is 0 Å². The molecule has 0 aliphatic carbocycles. The Balaban J connectivity index is 2.27. The molecule has 3 nitrogen and oxygen atoms in total. The standard InChI is InChI=1S/C15H20ClN3/c1-2-3-4-14(9-17)19-11-18-10-15(19)12-5-7-13(16)8-6-12/h5-8,10-11,14H,2-4,9,17H2,1H3. The molecule has 2 rings (SSSR count). The normalized spacial score (nSPS) is 12.6. The van der Waals surface area contributed by atoms with E-state index in [1.165, 1.54) is 12.8 Å². The third-order valence-corrected chi connectivity index (χ3v) is 3.61. The summed E-state index contributed by atoms with van der Waals surface area (Å²) < 4.78 is 2.18. The van der Waals surface area contributed by atoms with Gasteiger partial charge in [-0.1, -0.05) is 43.5 Å². The lowest BCUT2D eigenvalue weighted by Gasteiger charge is -2.19. The van der Waals surface area contributed by atoms with Gasteiger partial charge in [-0.05, 0) is 24.1 Å². The third-order valence-electron chi connectivity index (χ3n) is 3.36. The molecule has 0 amide bonds. The Labute approximate surface area is 119 Å². The van der Waals surface area contributed by atoms with Crippen LogP contribution in [0.1, 0.15) is 32.2 Å². The van der Waals surface area contributed by atoms with Crippen LogP contribution in [-0.2, 0) is 0 Å². The van der Waals surface area contributed by atoms with Gasteiger partial charge < -0.3 is 10.3 Å². The van der Waals surface area contributed by atoms with E-state index in [1.54, 1.807) is 0 Å². The zero-order chi connectivity index (χ0) is 13.7. The lowest BCUT2D eigenvalue weighted by atomic mass is 10.1. The predicted octanol–water partition coefficient (Wildman–Crippen LogP) is 3.89. The summed E-state index contributed by atoms with van der Waals surface area (Å²) >= 11 is 5.93. The first-order chi connectivity index (χ1) is 9.26. The number of rotatable bonds is 6. The number of unbranched alkanes of at least 4 members (excludes halogenated alkanes) is 1. The van der Waals surface area contributed by atoms with Gasteiger partial charge in [-0.25, -0.2) is 4.98 Å². The minimum Gasteiger partial charge on any atom is -0.328 e. The van der Waals surface area contributed by atoms with Gasteiger partial charge in [-0.15, -0.1) is 0 Å². The van der Waals surface area contributed by atoms with Crippen molar-refractivity contribution in [3.8, 4) is 11.3 Å².